The number of rotatable bonds is 11. The van der Waals surface area contributed by atoms with Crippen LogP contribution in [0.4, 0.5) is 0 Å². The van der Waals surface area contributed by atoms with E-state index >= 15 is 0 Å². The van der Waals surface area contributed by atoms with Crippen LogP contribution < -0.4 is 9.47 Å². The molecule has 0 aliphatic carbocycles. The molecule has 8 nitrogen and oxygen atoms in total. The molecular weight excluding hydrogens is 470 g/mol. The molecule has 0 aliphatic heterocycles. The number of carbonyl (C=O) groups is 3. The van der Waals surface area contributed by atoms with Gasteiger partial charge in [0.15, 0.2) is 17.3 Å². The number of nitrogens with zero attached hydrogens (tertiary/aromatic N) is 1. The Labute approximate surface area is 209 Å². The van der Waals surface area contributed by atoms with Gasteiger partial charge in [0.2, 0.25) is 0 Å². The molecule has 0 unspecified atom stereocenters. The molecule has 0 N–H and O–H groups in total. The number of Topliss-reactive ketones (excluding diaryl/α,β-unsaturated/α-hetero) is 1. The highest BCUT2D eigenvalue weighted by molar-refractivity contribution is 7.14. The molecule has 1 heterocycles. The first-order valence-electron chi connectivity index (χ1n) is 11.1. The number of ether oxygens (including phenoxy) is 4. The molecular formula is C26H29NO7S. The van der Waals surface area contributed by atoms with E-state index in [9.17, 15) is 19.6 Å². The molecule has 0 spiro atoms. The first-order valence-corrected chi connectivity index (χ1v) is 11.9. The summed E-state index contributed by atoms with van der Waals surface area (Å²) < 4.78 is 21.3. The number of ketones is 1. The van der Waals surface area contributed by atoms with Gasteiger partial charge in [-0.2, -0.15) is 5.26 Å². The molecule has 186 valence electrons. The zero-order chi connectivity index (χ0) is 26.1. The highest BCUT2D eigenvalue weighted by Gasteiger charge is 2.28. The number of benzene rings is 1. The third kappa shape index (κ3) is 6.93. The summed E-state index contributed by atoms with van der Waals surface area (Å²) in [6.45, 7) is 9.05. The van der Waals surface area contributed by atoms with Crippen LogP contribution in [0.1, 0.15) is 63.7 Å². The number of nitriles is 1. The van der Waals surface area contributed by atoms with Crippen molar-refractivity contribution in [3.05, 3.63) is 50.2 Å². The van der Waals surface area contributed by atoms with E-state index in [0.717, 1.165) is 11.3 Å². The van der Waals surface area contributed by atoms with E-state index in [4.69, 9.17) is 18.9 Å². The highest BCUT2D eigenvalue weighted by Crippen LogP contribution is 2.32. The second kappa shape index (κ2) is 12.7. The Morgan fingerprint density at radius 2 is 1.74 bits per heavy atom. The molecule has 0 aliphatic rings. The summed E-state index contributed by atoms with van der Waals surface area (Å²) in [6, 6.07) is 7.01. The lowest BCUT2D eigenvalue weighted by atomic mass is 10.0. The predicted octanol–water partition coefficient (Wildman–Crippen LogP) is 4.92. The summed E-state index contributed by atoms with van der Waals surface area (Å²) in [5, 5.41) is 9.66. The Morgan fingerprint density at radius 3 is 2.31 bits per heavy atom. The van der Waals surface area contributed by atoms with Crippen molar-refractivity contribution in [3.8, 4) is 17.6 Å². The fraction of sp³-hybridized carbons (Fsp3) is 0.385. The van der Waals surface area contributed by atoms with Gasteiger partial charge in [0.25, 0.3) is 0 Å². The Morgan fingerprint density at radius 1 is 1.09 bits per heavy atom. The van der Waals surface area contributed by atoms with E-state index in [2.05, 4.69) is 0 Å². The summed E-state index contributed by atoms with van der Waals surface area (Å²) in [4.78, 5) is 38.6. The number of carbonyl (C=O) groups excluding carboxylic acids is 3. The Kier molecular flexibility index (Phi) is 10.0. The Bertz CT molecular complexity index is 1170. The zero-order valence-electron chi connectivity index (χ0n) is 20.7. The van der Waals surface area contributed by atoms with Crippen LogP contribution in [0.2, 0.25) is 0 Å². The Balaban J connectivity index is 2.42. The summed E-state index contributed by atoms with van der Waals surface area (Å²) in [5.74, 6) is -0.700. The van der Waals surface area contributed by atoms with E-state index in [-0.39, 0.29) is 41.8 Å². The molecule has 1 aromatic carbocycles. The molecule has 35 heavy (non-hydrogen) atoms. The number of methoxy groups -OCH3 is 1. The average Bonchev–Trinajstić information content (AvgIpc) is 3.13. The van der Waals surface area contributed by atoms with Crippen molar-refractivity contribution in [2.75, 3.05) is 20.3 Å². The fourth-order valence-corrected chi connectivity index (χ4v) is 4.45. The topological polar surface area (TPSA) is 112 Å². The van der Waals surface area contributed by atoms with Crippen molar-refractivity contribution in [3.63, 3.8) is 0 Å². The first-order chi connectivity index (χ1) is 16.7. The lowest BCUT2D eigenvalue weighted by Crippen LogP contribution is -2.12. The van der Waals surface area contributed by atoms with Crippen molar-refractivity contribution in [1.29, 1.82) is 5.26 Å². The number of thiophene rings is 1. The van der Waals surface area contributed by atoms with Crippen LogP contribution in [0.25, 0.3) is 6.08 Å². The van der Waals surface area contributed by atoms with Gasteiger partial charge in [0.05, 0.1) is 37.6 Å². The number of hydrogen-bond donors (Lipinski definition) is 0. The van der Waals surface area contributed by atoms with Crippen LogP contribution in [-0.4, -0.2) is 44.1 Å². The van der Waals surface area contributed by atoms with Crippen LogP contribution >= 0.6 is 11.3 Å². The van der Waals surface area contributed by atoms with Gasteiger partial charge in [-0.25, -0.2) is 9.59 Å². The quantitative estimate of drug-likeness (QED) is 0.243. The lowest BCUT2D eigenvalue weighted by Gasteiger charge is -2.13. The van der Waals surface area contributed by atoms with Crippen LogP contribution in [0.15, 0.2) is 23.8 Å². The summed E-state index contributed by atoms with van der Waals surface area (Å²) >= 11 is 0.995. The summed E-state index contributed by atoms with van der Waals surface area (Å²) in [5.41, 5.74) is 1.01. The van der Waals surface area contributed by atoms with Gasteiger partial charge >= 0.3 is 11.9 Å². The smallest absolute Gasteiger partial charge is 0.348 e. The minimum absolute atomic E-state index is 0.0520. The SMILES string of the molecule is CCOC(=O)c1sc(CC(=O)C(C#N)=Cc2ccc(OC(C)C)c(OC)c2)c(C(=O)OCC)c1C. The molecule has 0 fully saturated rings. The van der Waals surface area contributed by atoms with Gasteiger partial charge in [-0.3, -0.25) is 4.79 Å². The van der Waals surface area contributed by atoms with Gasteiger partial charge < -0.3 is 18.9 Å². The van der Waals surface area contributed by atoms with Crippen molar-refractivity contribution < 1.29 is 33.3 Å². The first kappa shape index (κ1) is 27.6. The molecule has 9 heteroatoms. The van der Waals surface area contributed by atoms with Crippen molar-refractivity contribution in [1.82, 2.24) is 0 Å². The number of hydrogen-bond acceptors (Lipinski definition) is 9. The molecule has 0 saturated carbocycles. The van der Waals surface area contributed by atoms with Gasteiger partial charge in [-0.15, -0.1) is 11.3 Å². The molecule has 0 saturated heterocycles. The normalized spacial score (nSPS) is 11.1. The minimum atomic E-state index is -0.632. The standard InChI is InChI=1S/C26H29NO7S/c1-7-32-25(29)23-16(5)24(26(30)33-8-2)35-22(23)13-19(28)18(14-27)11-17-9-10-20(34-15(3)4)21(12-17)31-6/h9-12,15H,7-8,13H2,1-6H3. The summed E-state index contributed by atoms with van der Waals surface area (Å²) in [7, 11) is 1.50. The molecule has 1 aromatic heterocycles. The minimum Gasteiger partial charge on any atom is -0.493 e. The number of esters is 2. The van der Waals surface area contributed by atoms with Gasteiger partial charge in [0, 0.05) is 11.3 Å². The van der Waals surface area contributed by atoms with Gasteiger partial charge in [-0.05, 0) is 64.0 Å². The monoisotopic (exact) mass is 499 g/mol. The van der Waals surface area contributed by atoms with Crippen LogP contribution in [-0.2, 0) is 20.7 Å². The van der Waals surface area contributed by atoms with Crippen molar-refractivity contribution in [2.24, 2.45) is 0 Å². The third-order valence-corrected chi connectivity index (χ3v) is 6.04. The fourth-order valence-electron chi connectivity index (χ4n) is 3.27. The van der Waals surface area contributed by atoms with Gasteiger partial charge in [0.1, 0.15) is 10.9 Å². The summed E-state index contributed by atoms with van der Waals surface area (Å²) in [6.07, 6.45) is 1.15. The van der Waals surface area contributed by atoms with E-state index in [1.54, 1.807) is 39.0 Å². The van der Waals surface area contributed by atoms with Crippen LogP contribution in [0.5, 0.6) is 11.5 Å². The molecule has 2 aromatic rings. The highest BCUT2D eigenvalue weighted by atomic mass is 32.1. The van der Waals surface area contributed by atoms with Gasteiger partial charge in [-0.1, -0.05) is 6.07 Å². The Hall–Kier alpha value is -3.64. The molecule has 2 rings (SSSR count). The predicted molar refractivity (Wildman–Crippen MR) is 132 cm³/mol. The van der Waals surface area contributed by atoms with Crippen molar-refractivity contribution in [2.45, 2.75) is 47.1 Å². The molecule has 0 atom stereocenters. The van der Waals surface area contributed by atoms with E-state index in [0.29, 0.717) is 27.5 Å². The van der Waals surface area contributed by atoms with Crippen molar-refractivity contribution >= 4 is 35.1 Å². The largest absolute Gasteiger partial charge is 0.493 e. The third-order valence-electron chi connectivity index (χ3n) is 4.76. The lowest BCUT2D eigenvalue weighted by molar-refractivity contribution is -0.114. The second-order valence-corrected chi connectivity index (χ2v) is 8.75. The number of allylic oxidation sites excluding steroid dienone is 1. The van der Waals surface area contributed by atoms with E-state index < -0.39 is 17.7 Å². The average molecular weight is 500 g/mol. The second-order valence-electron chi connectivity index (χ2n) is 7.64. The maximum atomic E-state index is 13.1. The zero-order valence-corrected chi connectivity index (χ0v) is 21.5. The molecule has 0 radical (unpaired) electrons. The maximum absolute atomic E-state index is 13.1. The molecule has 0 amide bonds. The van der Waals surface area contributed by atoms with Crippen LogP contribution in [0.3, 0.4) is 0 Å². The van der Waals surface area contributed by atoms with E-state index in [1.807, 2.05) is 19.9 Å². The van der Waals surface area contributed by atoms with Crippen LogP contribution in [0, 0.1) is 18.3 Å². The molecule has 0 bridgehead atoms. The maximum Gasteiger partial charge on any atom is 0.348 e. The van der Waals surface area contributed by atoms with E-state index in [1.165, 1.54) is 13.2 Å².